The third-order valence-corrected chi connectivity index (χ3v) is 3.85. The summed E-state index contributed by atoms with van der Waals surface area (Å²) in [5, 5.41) is 3.74. The van der Waals surface area contributed by atoms with Crippen LogP contribution in [0, 0.1) is 0 Å². The summed E-state index contributed by atoms with van der Waals surface area (Å²) in [5.41, 5.74) is 5.93. The van der Waals surface area contributed by atoms with E-state index in [9.17, 15) is 4.79 Å². The molecular weight excluding hydrogens is 262 g/mol. The molecule has 0 aliphatic rings. The third-order valence-electron chi connectivity index (χ3n) is 2.15. The molecule has 0 saturated carbocycles. The zero-order valence-electron chi connectivity index (χ0n) is 8.34. The maximum atomic E-state index is 12.0. The molecule has 1 aromatic rings. The number of Topliss-reactive ketones (excluding diaryl/α,β-unsaturated/α-hetero) is 1. The van der Waals surface area contributed by atoms with Crippen molar-refractivity contribution in [1.29, 1.82) is 0 Å². The fourth-order valence-corrected chi connectivity index (χ4v) is 2.84. The lowest BCUT2D eigenvalue weighted by atomic mass is 9.89. The molecule has 2 nitrogen and oxygen atoms in total. The molecule has 2 N–H and O–H groups in total. The standard InChI is InChI=1S/C10H14BrNOS/c1-3-4-10(2,12)9(13)7-5-14-6-8(7)11/h5-6H,3-4,12H2,1-2H3. The van der Waals surface area contributed by atoms with Crippen LogP contribution < -0.4 is 5.73 Å². The van der Waals surface area contributed by atoms with Crippen molar-refractivity contribution in [3.8, 4) is 0 Å². The SMILES string of the molecule is CCCC(C)(N)C(=O)c1cscc1Br. The number of ketones is 1. The molecule has 0 aliphatic heterocycles. The van der Waals surface area contributed by atoms with Crippen molar-refractivity contribution in [2.24, 2.45) is 5.73 Å². The van der Waals surface area contributed by atoms with Gasteiger partial charge in [-0.15, -0.1) is 0 Å². The average Bonchev–Trinajstić information content (AvgIpc) is 2.50. The molecule has 0 aromatic carbocycles. The second kappa shape index (κ2) is 4.55. The maximum Gasteiger partial charge on any atom is 0.184 e. The third kappa shape index (κ3) is 2.43. The monoisotopic (exact) mass is 275 g/mol. The molecule has 1 aromatic heterocycles. The number of halogens is 1. The number of nitrogens with two attached hydrogens (primary N) is 1. The van der Waals surface area contributed by atoms with E-state index in [2.05, 4.69) is 15.9 Å². The van der Waals surface area contributed by atoms with E-state index in [1.165, 1.54) is 11.3 Å². The van der Waals surface area contributed by atoms with Gasteiger partial charge in [0.25, 0.3) is 0 Å². The Morgan fingerprint density at radius 1 is 1.64 bits per heavy atom. The first-order valence-corrected chi connectivity index (χ1v) is 6.28. The molecule has 0 bridgehead atoms. The zero-order valence-corrected chi connectivity index (χ0v) is 10.7. The van der Waals surface area contributed by atoms with Gasteiger partial charge >= 0.3 is 0 Å². The Kier molecular flexibility index (Phi) is 3.86. The smallest absolute Gasteiger partial charge is 0.184 e. The van der Waals surface area contributed by atoms with Crippen LogP contribution in [0.4, 0.5) is 0 Å². The highest BCUT2D eigenvalue weighted by Crippen LogP contribution is 2.26. The molecule has 0 aliphatic carbocycles. The average molecular weight is 276 g/mol. The van der Waals surface area contributed by atoms with Gasteiger partial charge in [0, 0.05) is 20.8 Å². The van der Waals surface area contributed by atoms with Crippen LogP contribution in [0.5, 0.6) is 0 Å². The van der Waals surface area contributed by atoms with Crippen LogP contribution in [0.15, 0.2) is 15.2 Å². The normalized spacial score (nSPS) is 15.1. The van der Waals surface area contributed by atoms with Crippen LogP contribution in [0.3, 0.4) is 0 Å². The van der Waals surface area contributed by atoms with Crippen molar-refractivity contribution in [2.75, 3.05) is 0 Å². The number of hydrogen-bond acceptors (Lipinski definition) is 3. The number of carbonyl (C=O) groups excluding carboxylic acids is 1. The Hall–Kier alpha value is -0.190. The minimum Gasteiger partial charge on any atom is -0.319 e. The molecule has 0 saturated heterocycles. The molecular formula is C10H14BrNOS. The lowest BCUT2D eigenvalue weighted by Crippen LogP contribution is -2.44. The Balaban J connectivity index is 2.90. The van der Waals surface area contributed by atoms with Gasteiger partial charge in [0.1, 0.15) is 0 Å². The van der Waals surface area contributed by atoms with Crippen molar-refractivity contribution in [3.63, 3.8) is 0 Å². The molecule has 1 rings (SSSR count). The van der Waals surface area contributed by atoms with Crippen LogP contribution in [-0.4, -0.2) is 11.3 Å². The molecule has 78 valence electrons. The first-order chi connectivity index (χ1) is 6.49. The first-order valence-electron chi connectivity index (χ1n) is 4.54. The second-order valence-electron chi connectivity index (χ2n) is 3.63. The lowest BCUT2D eigenvalue weighted by molar-refractivity contribution is 0.0893. The van der Waals surface area contributed by atoms with Crippen molar-refractivity contribution >= 4 is 33.0 Å². The summed E-state index contributed by atoms with van der Waals surface area (Å²) in [6.07, 6.45) is 1.63. The number of rotatable bonds is 4. The van der Waals surface area contributed by atoms with Crippen LogP contribution >= 0.6 is 27.3 Å². The van der Waals surface area contributed by atoms with Gasteiger partial charge in [0.2, 0.25) is 0 Å². The Bertz CT molecular complexity index is 333. The van der Waals surface area contributed by atoms with E-state index < -0.39 is 5.54 Å². The Morgan fingerprint density at radius 3 is 2.71 bits per heavy atom. The van der Waals surface area contributed by atoms with Crippen LogP contribution in [-0.2, 0) is 0 Å². The summed E-state index contributed by atoms with van der Waals surface area (Å²) in [6.45, 7) is 3.82. The molecule has 0 spiro atoms. The Labute approximate surface area is 96.6 Å². The van der Waals surface area contributed by atoms with E-state index in [0.717, 1.165) is 10.9 Å². The van der Waals surface area contributed by atoms with Gasteiger partial charge in [-0.3, -0.25) is 4.79 Å². The van der Waals surface area contributed by atoms with E-state index >= 15 is 0 Å². The van der Waals surface area contributed by atoms with Crippen molar-refractivity contribution in [2.45, 2.75) is 32.2 Å². The van der Waals surface area contributed by atoms with Gasteiger partial charge in [-0.25, -0.2) is 0 Å². The summed E-state index contributed by atoms with van der Waals surface area (Å²) in [4.78, 5) is 12.0. The summed E-state index contributed by atoms with van der Waals surface area (Å²) in [6, 6.07) is 0. The molecule has 1 heterocycles. The largest absolute Gasteiger partial charge is 0.319 e. The minimum absolute atomic E-state index is 0.0208. The van der Waals surface area contributed by atoms with E-state index in [1.807, 2.05) is 17.7 Å². The first kappa shape index (κ1) is 11.9. The zero-order chi connectivity index (χ0) is 10.8. The summed E-state index contributed by atoms with van der Waals surface area (Å²) in [7, 11) is 0. The summed E-state index contributed by atoms with van der Waals surface area (Å²) in [5.74, 6) is 0.0208. The maximum absolute atomic E-state index is 12.0. The predicted molar refractivity (Wildman–Crippen MR) is 63.8 cm³/mol. The predicted octanol–water partition coefficient (Wildman–Crippen LogP) is 3.21. The van der Waals surface area contributed by atoms with E-state index in [1.54, 1.807) is 6.92 Å². The second-order valence-corrected chi connectivity index (χ2v) is 5.23. The van der Waals surface area contributed by atoms with Crippen molar-refractivity contribution < 1.29 is 4.79 Å². The highest BCUT2D eigenvalue weighted by Gasteiger charge is 2.29. The van der Waals surface area contributed by atoms with Crippen LogP contribution in [0.2, 0.25) is 0 Å². The van der Waals surface area contributed by atoms with Crippen LogP contribution in [0.25, 0.3) is 0 Å². The number of hydrogen-bond donors (Lipinski definition) is 1. The highest BCUT2D eigenvalue weighted by molar-refractivity contribution is 9.10. The van der Waals surface area contributed by atoms with Gasteiger partial charge in [-0.2, -0.15) is 11.3 Å². The van der Waals surface area contributed by atoms with Gasteiger partial charge < -0.3 is 5.73 Å². The number of thiophene rings is 1. The van der Waals surface area contributed by atoms with Gasteiger partial charge in [0.05, 0.1) is 5.54 Å². The van der Waals surface area contributed by atoms with Crippen molar-refractivity contribution in [1.82, 2.24) is 0 Å². The van der Waals surface area contributed by atoms with Crippen molar-refractivity contribution in [3.05, 3.63) is 20.8 Å². The molecule has 4 heteroatoms. The fourth-order valence-electron chi connectivity index (χ4n) is 1.38. The molecule has 14 heavy (non-hydrogen) atoms. The summed E-state index contributed by atoms with van der Waals surface area (Å²) < 4.78 is 0.847. The quantitative estimate of drug-likeness (QED) is 0.858. The van der Waals surface area contributed by atoms with E-state index in [4.69, 9.17) is 5.73 Å². The molecule has 0 amide bonds. The molecule has 0 radical (unpaired) electrons. The molecule has 1 atom stereocenters. The fraction of sp³-hybridized carbons (Fsp3) is 0.500. The Morgan fingerprint density at radius 2 is 2.29 bits per heavy atom. The topological polar surface area (TPSA) is 43.1 Å². The summed E-state index contributed by atoms with van der Waals surface area (Å²) >= 11 is 4.85. The molecule has 0 fully saturated rings. The van der Waals surface area contributed by atoms with Gasteiger partial charge in [0.15, 0.2) is 5.78 Å². The van der Waals surface area contributed by atoms with Gasteiger partial charge in [-0.1, -0.05) is 13.3 Å². The minimum atomic E-state index is -0.738. The molecule has 1 unspecified atom stereocenters. The lowest BCUT2D eigenvalue weighted by Gasteiger charge is -2.21. The van der Waals surface area contributed by atoms with E-state index in [-0.39, 0.29) is 5.78 Å². The van der Waals surface area contributed by atoms with Crippen LogP contribution in [0.1, 0.15) is 37.0 Å². The van der Waals surface area contributed by atoms with Gasteiger partial charge in [-0.05, 0) is 29.3 Å². The van der Waals surface area contributed by atoms with E-state index in [0.29, 0.717) is 12.0 Å². The number of carbonyl (C=O) groups is 1. The highest BCUT2D eigenvalue weighted by atomic mass is 79.9.